The van der Waals surface area contributed by atoms with Gasteiger partial charge in [-0.2, -0.15) is 0 Å². The third-order valence-corrected chi connectivity index (χ3v) is 2.68. The fraction of sp³-hybridized carbons (Fsp3) is 0.273. The van der Waals surface area contributed by atoms with Crippen LogP contribution in [0.25, 0.3) is 0 Å². The quantitative estimate of drug-likeness (QED) is 0.769. The first kappa shape index (κ1) is 11.0. The maximum absolute atomic E-state index is 11.5. The zero-order chi connectivity index (χ0) is 11.5. The minimum absolute atomic E-state index is 0.209. The average Bonchev–Trinajstić information content (AvgIpc) is 2.25. The molecule has 0 saturated carbocycles. The van der Waals surface area contributed by atoms with Crippen LogP contribution in [0.5, 0.6) is 0 Å². The third kappa shape index (κ3) is 2.52. The van der Waals surface area contributed by atoms with Crippen molar-refractivity contribution in [2.75, 3.05) is 5.32 Å². The van der Waals surface area contributed by atoms with Gasteiger partial charge in [-0.3, -0.25) is 14.9 Å². The van der Waals surface area contributed by atoms with Crippen LogP contribution in [0.15, 0.2) is 24.3 Å². The topological polar surface area (TPSA) is 58.2 Å². The van der Waals surface area contributed by atoms with E-state index in [9.17, 15) is 9.59 Å². The Balaban J connectivity index is 2.02. The predicted molar refractivity (Wildman–Crippen MR) is 61.2 cm³/mol. The van der Waals surface area contributed by atoms with Crippen molar-refractivity contribution in [1.82, 2.24) is 5.32 Å². The summed E-state index contributed by atoms with van der Waals surface area (Å²) >= 11 is 5.75. The largest absolute Gasteiger partial charge is 0.374 e. The highest BCUT2D eigenvalue weighted by Gasteiger charge is 2.26. The van der Waals surface area contributed by atoms with Crippen LogP contribution in [0, 0.1) is 0 Å². The number of anilines is 1. The van der Waals surface area contributed by atoms with E-state index < -0.39 is 0 Å². The highest BCUT2D eigenvalue weighted by atomic mass is 35.5. The fourth-order valence-corrected chi connectivity index (χ4v) is 1.70. The molecule has 0 aromatic heterocycles. The maximum atomic E-state index is 11.5. The van der Waals surface area contributed by atoms with Crippen LogP contribution in [0.1, 0.15) is 12.8 Å². The van der Waals surface area contributed by atoms with Crippen molar-refractivity contribution < 1.29 is 9.59 Å². The molecule has 1 aromatic rings. The monoisotopic (exact) mass is 238 g/mol. The summed E-state index contributed by atoms with van der Waals surface area (Å²) in [4.78, 5) is 22.4. The molecule has 0 aliphatic carbocycles. The third-order valence-electron chi connectivity index (χ3n) is 2.42. The Kier molecular flexibility index (Phi) is 3.10. The summed E-state index contributed by atoms with van der Waals surface area (Å²) < 4.78 is 0. The molecule has 84 valence electrons. The zero-order valence-corrected chi connectivity index (χ0v) is 9.25. The molecule has 2 rings (SSSR count). The van der Waals surface area contributed by atoms with Gasteiger partial charge in [-0.1, -0.05) is 11.6 Å². The molecular formula is C11H11ClN2O2. The Morgan fingerprint density at radius 3 is 2.56 bits per heavy atom. The van der Waals surface area contributed by atoms with Gasteiger partial charge in [0.25, 0.3) is 0 Å². The molecule has 1 heterocycles. The number of rotatable bonds is 2. The van der Waals surface area contributed by atoms with E-state index in [1.807, 2.05) is 0 Å². The van der Waals surface area contributed by atoms with Gasteiger partial charge in [-0.05, 0) is 30.7 Å². The molecule has 1 atom stereocenters. The molecule has 1 aliphatic heterocycles. The molecule has 2 amide bonds. The lowest BCUT2D eigenvalue weighted by Gasteiger charge is -2.22. The first-order valence-corrected chi connectivity index (χ1v) is 5.39. The highest BCUT2D eigenvalue weighted by molar-refractivity contribution is 6.30. The average molecular weight is 239 g/mol. The lowest BCUT2D eigenvalue weighted by atomic mass is 10.1. The fourth-order valence-electron chi connectivity index (χ4n) is 1.58. The van der Waals surface area contributed by atoms with Crippen molar-refractivity contribution >= 4 is 29.1 Å². The Labute approximate surface area is 98.0 Å². The van der Waals surface area contributed by atoms with Crippen LogP contribution in [0.3, 0.4) is 0 Å². The van der Waals surface area contributed by atoms with E-state index in [1.54, 1.807) is 24.3 Å². The summed E-state index contributed by atoms with van der Waals surface area (Å²) in [5, 5.41) is 6.00. The molecule has 0 bridgehead atoms. The van der Waals surface area contributed by atoms with E-state index >= 15 is 0 Å². The van der Waals surface area contributed by atoms with Crippen molar-refractivity contribution in [3.8, 4) is 0 Å². The van der Waals surface area contributed by atoms with E-state index in [2.05, 4.69) is 10.6 Å². The van der Waals surface area contributed by atoms with Crippen molar-refractivity contribution in [1.29, 1.82) is 0 Å². The number of carbonyl (C=O) groups excluding carboxylic acids is 2. The number of halogens is 1. The molecule has 1 aliphatic rings. The number of hydrogen-bond donors (Lipinski definition) is 2. The van der Waals surface area contributed by atoms with Crippen LogP contribution in [-0.4, -0.2) is 17.9 Å². The van der Waals surface area contributed by atoms with Crippen LogP contribution in [0.4, 0.5) is 5.69 Å². The van der Waals surface area contributed by atoms with Gasteiger partial charge in [-0.25, -0.2) is 0 Å². The Hall–Kier alpha value is -1.55. The lowest BCUT2D eigenvalue weighted by Crippen LogP contribution is -2.47. The van der Waals surface area contributed by atoms with Gasteiger partial charge in [-0.15, -0.1) is 0 Å². The molecule has 1 aromatic carbocycles. The number of imide groups is 1. The van der Waals surface area contributed by atoms with Crippen molar-refractivity contribution in [3.63, 3.8) is 0 Å². The van der Waals surface area contributed by atoms with E-state index in [0.717, 1.165) is 5.69 Å². The molecule has 2 N–H and O–H groups in total. The molecule has 4 nitrogen and oxygen atoms in total. The smallest absolute Gasteiger partial charge is 0.249 e. The minimum atomic E-state index is -0.348. The summed E-state index contributed by atoms with van der Waals surface area (Å²) in [5.41, 5.74) is 0.818. The first-order chi connectivity index (χ1) is 7.65. The van der Waals surface area contributed by atoms with Gasteiger partial charge in [0, 0.05) is 17.1 Å². The van der Waals surface area contributed by atoms with Crippen LogP contribution in [-0.2, 0) is 9.59 Å². The van der Waals surface area contributed by atoms with E-state index in [4.69, 9.17) is 11.6 Å². The van der Waals surface area contributed by atoms with Crippen molar-refractivity contribution in [2.24, 2.45) is 0 Å². The molecule has 5 heteroatoms. The number of carbonyl (C=O) groups is 2. The number of hydrogen-bond acceptors (Lipinski definition) is 3. The first-order valence-electron chi connectivity index (χ1n) is 5.01. The molecule has 1 unspecified atom stereocenters. The summed E-state index contributed by atoms with van der Waals surface area (Å²) in [6, 6.07) is 6.74. The van der Waals surface area contributed by atoms with Gasteiger partial charge < -0.3 is 5.32 Å². The number of amides is 2. The van der Waals surface area contributed by atoms with Crippen LogP contribution in [0.2, 0.25) is 5.02 Å². The Bertz CT molecular complexity index is 416. The summed E-state index contributed by atoms with van der Waals surface area (Å²) in [6.07, 6.45) is 0.893. The Morgan fingerprint density at radius 2 is 1.94 bits per heavy atom. The number of benzene rings is 1. The molecule has 0 spiro atoms. The second kappa shape index (κ2) is 4.53. The van der Waals surface area contributed by atoms with Crippen LogP contribution >= 0.6 is 11.6 Å². The van der Waals surface area contributed by atoms with E-state index in [-0.39, 0.29) is 17.9 Å². The number of piperidine rings is 1. The standard InChI is InChI=1S/C11H11ClN2O2/c12-7-1-3-8(4-2-7)13-9-5-6-10(15)14-11(9)16/h1-4,9,13H,5-6H2,(H,14,15,16). The second-order valence-electron chi connectivity index (χ2n) is 3.65. The van der Waals surface area contributed by atoms with Gasteiger partial charge in [0.1, 0.15) is 6.04 Å². The second-order valence-corrected chi connectivity index (χ2v) is 4.09. The molecule has 0 radical (unpaired) electrons. The number of nitrogens with one attached hydrogen (secondary N) is 2. The van der Waals surface area contributed by atoms with Gasteiger partial charge in [0.05, 0.1) is 0 Å². The van der Waals surface area contributed by atoms with Crippen LogP contribution < -0.4 is 10.6 Å². The minimum Gasteiger partial charge on any atom is -0.374 e. The van der Waals surface area contributed by atoms with Gasteiger partial charge in [0.15, 0.2) is 0 Å². The maximum Gasteiger partial charge on any atom is 0.249 e. The Morgan fingerprint density at radius 1 is 1.25 bits per heavy atom. The highest BCUT2D eigenvalue weighted by Crippen LogP contribution is 2.16. The molecular weight excluding hydrogens is 228 g/mol. The summed E-state index contributed by atoms with van der Waals surface area (Å²) in [5.74, 6) is -0.481. The SMILES string of the molecule is O=C1CCC(Nc2ccc(Cl)cc2)C(=O)N1. The molecule has 16 heavy (non-hydrogen) atoms. The predicted octanol–water partition coefficient (Wildman–Crippen LogP) is 1.56. The van der Waals surface area contributed by atoms with E-state index in [0.29, 0.717) is 17.9 Å². The van der Waals surface area contributed by atoms with Gasteiger partial charge in [0.2, 0.25) is 11.8 Å². The normalized spacial score (nSPS) is 20.4. The molecule has 1 fully saturated rings. The molecule has 1 saturated heterocycles. The lowest BCUT2D eigenvalue weighted by molar-refractivity contribution is -0.133. The summed E-state index contributed by atoms with van der Waals surface area (Å²) in [7, 11) is 0. The summed E-state index contributed by atoms with van der Waals surface area (Å²) in [6.45, 7) is 0. The van der Waals surface area contributed by atoms with E-state index in [1.165, 1.54) is 0 Å². The van der Waals surface area contributed by atoms with Crippen molar-refractivity contribution in [3.05, 3.63) is 29.3 Å². The van der Waals surface area contributed by atoms with Crippen molar-refractivity contribution in [2.45, 2.75) is 18.9 Å². The van der Waals surface area contributed by atoms with Gasteiger partial charge >= 0.3 is 0 Å². The zero-order valence-electron chi connectivity index (χ0n) is 8.50.